The zero-order chi connectivity index (χ0) is 9.74. The Morgan fingerprint density at radius 2 is 1.77 bits per heavy atom. The Morgan fingerprint density at radius 3 is 2.15 bits per heavy atom. The van der Waals surface area contributed by atoms with Gasteiger partial charge < -0.3 is 0 Å². The zero-order valence-corrected chi connectivity index (χ0v) is 9.83. The topological polar surface area (TPSA) is 0 Å². The minimum absolute atomic E-state index is 0.353. The van der Waals surface area contributed by atoms with Crippen LogP contribution in [0.1, 0.15) is 0 Å². The lowest BCUT2D eigenvalue weighted by Crippen LogP contribution is -2.78. The number of piperazine rings is 3. The molecule has 3 saturated heterocycles. The van der Waals surface area contributed by atoms with Crippen molar-refractivity contribution in [3.05, 3.63) is 0 Å². The maximum absolute atomic E-state index is 13.9. The molecule has 0 aromatic heterocycles. The Hall–Kier alpha value is 0.840. The van der Waals surface area contributed by atoms with Gasteiger partial charge in [-0.05, 0) is 4.48 Å². The summed E-state index contributed by atoms with van der Waals surface area (Å²) in [6, 6.07) is 0.479. The van der Waals surface area contributed by atoms with Crippen LogP contribution in [0.5, 0.6) is 0 Å². The first-order valence-electron chi connectivity index (χ1n) is 4.36. The van der Waals surface area contributed by atoms with E-state index < -0.39 is 4.20 Å². The number of quaternary nitrogens is 2. The summed E-state index contributed by atoms with van der Waals surface area (Å²) >= 11 is 14.8. The Labute approximate surface area is 93.6 Å². The van der Waals surface area contributed by atoms with E-state index in [-0.39, 0.29) is 4.71 Å². The van der Waals surface area contributed by atoms with Gasteiger partial charge in [0.05, 0.1) is 0 Å². The van der Waals surface area contributed by atoms with Gasteiger partial charge in [0.25, 0.3) is 0 Å². The summed E-state index contributed by atoms with van der Waals surface area (Å²) in [4.78, 5) is 0. The van der Waals surface area contributed by atoms with Crippen molar-refractivity contribution in [3.63, 3.8) is 0 Å². The smallest absolute Gasteiger partial charge is 0.241 e. The van der Waals surface area contributed by atoms with E-state index in [0.717, 1.165) is 13.1 Å². The Bertz CT molecular complexity index is 229. The molecule has 0 amide bonds. The van der Waals surface area contributed by atoms with Gasteiger partial charge >= 0.3 is 0 Å². The second kappa shape index (κ2) is 2.92. The second-order valence-electron chi connectivity index (χ2n) is 4.12. The van der Waals surface area contributed by atoms with Gasteiger partial charge in [-0.2, -0.15) is 0 Å². The largest absolute Gasteiger partial charge is 0.275 e. The molecule has 3 aliphatic rings. The number of halogens is 2. The summed E-state index contributed by atoms with van der Waals surface area (Å²) in [6.45, 7) is 2.94. The maximum atomic E-state index is 13.9. The molecule has 6 heteroatoms. The van der Waals surface area contributed by atoms with Crippen molar-refractivity contribution in [1.82, 2.24) is 0 Å². The summed E-state index contributed by atoms with van der Waals surface area (Å²) < 4.78 is 13.6. The average molecular weight is 245 g/mol. The first kappa shape index (κ1) is 10.4. The molecule has 3 heterocycles. The number of hydrogen-bond donors (Lipinski definition) is 2. The monoisotopic (exact) mass is 244 g/mol. The van der Waals surface area contributed by atoms with Crippen LogP contribution < -0.4 is 0 Å². The fourth-order valence-electron chi connectivity index (χ4n) is 2.23. The molecule has 0 unspecified atom stereocenters. The molecule has 76 valence electrons. The van der Waals surface area contributed by atoms with Gasteiger partial charge in [0.2, 0.25) is 4.20 Å². The van der Waals surface area contributed by atoms with Gasteiger partial charge in [0.15, 0.2) is 25.6 Å². The van der Waals surface area contributed by atoms with Gasteiger partial charge in [-0.25, -0.2) is 0 Å². The van der Waals surface area contributed by atoms with E-state index >= 15 is 0 Å². The summed E-state index contributed by atoms with van der Waals surface area (Å²) in [5.41, 5.74) is 0. The van der Waals surface area contributed by atoms with Crippen molar-refractivity contribution in [2.24, 2.45) is 0 Å². The highest BCUT2D eigenvalue weighted by atomic mass is 35.5. The van der Waals surface area contributed by atoms with Crippen molar-refractivity contribution in [2.45, 2.75) is 4.20 Å². The molecular formula is C7H14ClFN2S2+2. The molecule has 0 N–H and O–H groups in total. The fraction of sp³-hybridized carbons (Fsp3) is 1.00. The molecule has 0 aliphatic carbocycles. The van der Waals surface area contributed by atoms with Crippen LogP contribution in [-0.2, 0) is 0 Å². The van der Waals surface area contributed by atoms with Gasteiger partial charge in [-0.1, -0.05) is 36.9 Å². The highest BCUT2D eigenvalue weighted by molar-refractivity contribution is 8.00. The molecule has 0 radical (unpaired) electrons. The number of rotatable bonds is 1. The van der Waals surface area contributed by atoms with Crippen molar-refractivity contribution < 1.29 is 13.7 Å². The SMILES string of the molecule is F[N+]12CC[N+](CCl)(CC1)C(S)(S)C2. The maximum Gasteiger partial charge on any atom is 0.241 e. The standard InChI is InChI=1S/C7H12ClFN2S2/c8-6-10-1-3-11(9,4-2-10)5-7(10,12)13/h1-6H2/p+2. The molecule has 0 spiro atoms. The van der Waals surface area contributed by atoms with Gasteiger partial charge in [0.1, 0.15) is 13.1 Å². The van der Waals surface area contributed by atoms with Crippen LogP contribution in [0.3, 0.4) is 0 Å². The molecular weight excluding hydrogens is 231 g/mol. The first-order chi connectivity index (χ1) is 5.93. The Balaban J connectivity index is 2.31. The second-order valence-corrected chi connectivity index (χ2v) is 6.19. The first-order valence-corrected chi connectivity index (χ1v) is 5.79. The van der Waals surface area contributed by atoms with Crippen molar-refractivity contribution >= 4 is 36.9 Å². The highest BCUT2D eigenvalue weighted by Crippen LogP contribution is 2.44. The van der Waals surface area contributed by atoms with Crippen LogP contribution >= 0.6 is 36.9 Å². The lowest BCUT2D eigenvalue weighted by Gasteiger charge is -2.56. The highest BCUT2D eigenvalue weighted by Gasteiger charge is 2.63. The minimum atomic E-state index is -0.604. The predicted molar refractivity (Wildman–Crippen MR) is 57.4 cm³/mol. The van der Waals surface area contributed by atoms with E-state index in [4.69, 9.17) is 11.6 Å². The minimum Gasteiger partial charge on any atom is -0.275 e. The van der Waals surface area contributed by atoms with Gasteiger partial charge in [0, 0.05) is 0 Å². The van der Waals surface area contributed by atoms with Crippen LogP contribution in [0.2, 0.25) is 0 Å². The molecule has 0 atom stereocenters. The third-order valence-electron chi connectivity index (χ3n) is 3.34. The predicted octanol–water partition coefficient (Wildman–Crippen LogP) is 1.24. The van der Waals surface area contributed by atoms with E-state index in [0.29, 0.717) is 30.1 Å². The van der Waals surface area contributed by atoms with Crippen LogP contribution in [0.15, 0.2) is 0 Å². The molecule has 0 saturated carbocycles. The van der Waals surface area contributed by atoms with Crippen LogP contribution in [0.25, 0.3) is 0 Å². The molecule has 3 aliphatic heterocycles. The Morgan fingerprint density at radius 1 is 1.23 bits per heavy atom. The third kappa shape index (κ3) is 1.40. The van der Waals surface area contributed by atoms with Gasteiger partial charge in [-0.15, -0.1) is 4.71 Å². The fourth-order valence-corrected chi connectivity index (χ4v) is 3.88. The summed E-state index contributed by atoms with van der Waals surface area (Å²) in [5.74, 6) is 0. The molecule has 13 heavy (non-hydrogen) atoms. The molecule has 2 nitrogen and oxygen atoms in total. The normalized spacial score (nSPS) is 48.0. The average Bonchev–Trinajstić information content (AvgIpc) is 2.03. The van der Waals surface area contributed by atoms with E-state index in [9.17, 15) is 4.48 Å². The zero-order valence-electron chi connectivity index (χ0n) is 7.29. The van der Waals surface area contributed by atoms with Crippen LogP contribution in [-0.4, -0.2) is 52.1 Å². The third-order valence-corrected chi connectivity index (χ3v) is 4.93. The molecule has 0 aromatic carbocycles. The molecule has 0 aromatic rings. The van der Waals surface area contributed by atoms with Crippen LogP contribution in [0, 0.1) is 0 Å². The number of thiol groups is 2. The Kier molecular flexibility index (Phi) is 2.32. The lowest BCUT2D eigenvalue weighted by atomic mass is 10.1. The van der Waals surface area contributed by atoms with Crippen molar-refractivity contribution in [3.8, 4) is 0 Å². The quantitative estimate of drug-likeness (QED) is 0.170. The molecule has 2 bridgehead atoms. The number of nitrogens with zero attached hydrogens (tertiary/aromatic N) is 2. The number of alkyl halides is 1. The van der Waals surface area contributed by atoms with E-state index in [1.54, 1.807) is 0 Å². The summed E-state index contributed by atoms with van der Waals surface area (Å²) in [6.07, 6.45) is 0. The van der Waals surface area contributed by atoms with Crippen LogP contribution in [0.4, 0.5) is 4.48 Å². The van der Waals surface area contributed by atoms with E-state index in [2.05, 4.69) is 25.3 Å². The summed E-state index contributed by atoms with van der Waals surface area (Å²) in [7, 11) is 0. The summed E-state index contributed by atoms with van der Waals surface area (Å²) in [5, 5.41) is 0. The molecule has 3 rings (SSSR count). The van der Waals surface area contributed by atoms with E-state index in [1.165, 1.54) is 0 Å². The van der Waals surface area contributed by atoms with Gasteiger partial charge in [-0.3, -0.25) is 4.48 Å². The number of fused-ring (bicyclic) bond motifs is 3. The lowest BCUT2D eigenvalue weighted by molar-refractivity contribution is -1.15. The van der Waals surface area contributed by atoms with Crippen molar-refractivity contribution in [1.29, 1.82) is 0 Å². The van der Waals surface area contributed by atoms with E-state index in [1.807, 2.05) is 0 Å². The van der Waals surface area contributed by atoms with Crippen molar-refractivity contribution in [2.75, 3.05) is 38.7 Å². The molecule has 3 fully saturated rings. The number of hydrogen-bond acceptors (Lipinski definition) is 2.